The molecule has 0 radical (unpaired) electrons. The van der Waals surface area contributed by atoms with Crippen LogP contribution in [0.5, 0.6) is 0 Å². The second-order valence-corrected chi connectivity index (χ2v) is 6.81. The zero-order chi connectivity index (χ0) is 33.4. The summed E-state index contributed by atoms with van der Waals surface area (Å²) in [6, 6.07) is 0. The maximum absolute atomic E-state index is 14.3. The van der Waals surface area contributed by atoms with Crippen LogP contribution in [-0.2, 0) is 28.4 Å². The zero-order valence-electron chi connectivity index (χ0n) is 18.5. The maximum atomic E-state index is 14.3. The van der Waals surface area contributed by atoms with E-state index < -0.39 is 80.8 Å². The molecule has 2 unspecified atom stereocenters. The van der Waals surface area contributed by atoms with E-state index in [1.54, 1.807) is 4.74 Å². The second-order valence-electron chi connectivity index (χ2n) is 6.81. The van der Waals surface area contributed by atoms with Crippen molar-refractivity contribution in [3.05, 3.63) is 0 Å². The molecule has 248 valence electrons. The number of methoxy groups -OCH3 is 1. The van der Waals surface area contributed by atoms with Crippen molar-refractivity contribution in [2.45, 2.75) is 61.0 Å². The van der Waals surface area contributed by atoms with Crippen molar-refractivity contribution >= 4 is 0 Å². The van der Waals surface area contributed by atoms with Gasteiger partial charge in [0.1, 0.15) is 6.61 Å². The molecule has 0 heterocycles. The largest absolute Gasteiger partial charge is 0.527 e. The first-order valence-electron chi connectivity index (χ1n) is 8.98. The average molecular weight is 672 g/mol. The Morgan fingerprint density at radius 1 is 0.415 bits per heavy atom. The number of ether oxygens (including phenoxy) is 6. The standard InChI is InChI=1S/C14H9F21O6/c1-36-2-3-37-4-5(15,38-13(30,31)32)8(20,21)39-9(22,23)6(16,7(17,18)19)10(24,25)40-11(26,27)12(28,29)41-14(33,34)35/h2-4H2,1H3. The van der Waals surface area contributed by atoms with Crippen LogP contribution in [0.25, 0.3) is 0 Å². The van der Waals surface area contributed by atoms with Gasteiger partial charge in [-0.05, 0) is 0 Å². The van der Waals surface area contributed by atoms with Crippen LogP contribution in [0.4, 0.5) is 92.2 Å². The van der Waals surface area contributed by atoms with E-state index in [9.17, 15) is 92.2 Å². The summed E-state index contributed by atoms with van der Waals surface area (Å²) in [5, 5.41) is 0. The lowest BCUT2D eigenvalue weighted by molar-refractivity contribution is -0.572. The van der Waals surface area contributed by atoms with E-state index in [-0.39, 0.29) is 0 Å². The number of rotatable bonds is 15. The predicted molar refractivity (Wildman–Crippen MR) is 77.6 cm³/mol. The molecule has 0 bridgehead atoms. The number of halogens is 21. The van der Waals surface area contributed by atoms with Gasteiger partial charge in [-0.1, -0.05) is 0 Å². The molecule has 0 fully saturated rings. The van der Waals surface area contributed by atoms with Crippen LogP contribution in [0.3, 0.4) is 0 Å². The molecular weight excluding hydrogens is 663 g/mol. The quantitative estimate of drug-likeness (QED) is 0.144. The van der Waals surface area contributed by atoms with Crippen molar-refractivity contribution in [2.24, 2.45) is 0 Å². The van der Waals surface area contributed by atoms with Crippen LogP contribution in [0.2, 0.25) is 0 Å². The highest BCUT2D eigenvalue weighted by Gasteiger charge is 2.89. The molecule has 0 saturated heterocycles. The third kappa shape index (κ3) is 9.14. The highest BCUT2D eigenvalue weighted by molar-refractivity contribution is 5.04. The lowest BCUT2D eigenvalue weighted by Crippen LogP contribution is -2.71. The van der Waals surface area contributed by atoms with E-state index >= 15 is 0 Å². The third-order valence-corrected chi connectivity index (χ3v) is 3.72. The molecule has 0 N–H and O–H groups in total. The maximum Gasteiger partial charge on any atom is 0.527 e. The van der Waals surface area contributed by atoms with Crippen LogP contribution in [0.15, 0.2) is 0 Å². The number of alkyl halides is 21. The normalized spacial score (nSPS) is 18.3. The first-order chi connectivity index (χ1) is 17.6. The summed E-state index contributed by atoms with van der Waals surface area (Å²) in [5.41, 5.74) is -8.68. The molecule has 0 aliphatic carbocycles. The Kier molecular flexibility index (Phi) is 11.3. The fourth-order valence-electron chi connectivity index (χ4n) is 2.00. The topological polar surface area (TPSA) is 55.4 Å². The van der Waals surface area contributed by atoms with Crippen LogP contribution in [-0.4, -0.2) is 87.9 Å². The van der Waals surface area contributed by atoms with Crippen molar-refractivity contribution < 1.29 is 121 Å². The molecule has 6 nitrogen and oxygen atoms in total. The van der Waals surface area contributed by atoms with Crippen molar-refractivity contribution in [3.8, 4) is 0 Å². The lowest BCUT2D eigenvalue weighted by Gasteiger charge is -2.42. The van der Waals surface area contributed by atoms with Gasteiger partial charge in [0, 0.05) is 7.11 Å². The molecule has 41 heavy (non-hydrogen) atoms. The van der Waals surface area contributed by atoms with Gasteiger partial charge in [-0.25, -0.2) is 23.3 Å². The number of hydrogen-bond acceptors (Lipinski definition) is 6. The van der Waals surface area contributed by atoms with Crippen LogP contribution >= 0.6 is 0 Å². The summed E-state index contributed by atoms with van der Waals surface area (Å²) in [4.78, 5) is 0. The van der Waals surface area contributed by atoms with E-state index in [0.717, 1.165) is 7.11 Å². The van der Waals surface area contributed by atoms with Gasteiger partial charge < -0.3 is 9.47 Å². The second kappa shape index (κ2) is 11.8. The highest BCUT2D eigenvalue weighted by Crippen LogP contribution is 2.59. The summed E-state index contributed by atoms with van der Waals surface area (Å²) in [6.45, 7) is -5.09. The van der Waals surface area contributed by atoms with Crippen molar-refractivity contribution in [3.63, 3.8) is 0 Å². The van der Waals surface area contributed by atoms with Gasteiger partial charge in [0.2, 0.25) is 0 Å². The zero-order valence-corrected chi connectivity index (χ0v) is 18.5. The molecule has 27 heteroatoms. The Labute approximate surface area is 210 Å². The molecule has 0 aromatic heterocycles. The van der Waals surface area contributed by atoms with Crippen molar-refractivity contribution in [2.75, 3.05) is 26.9 Å². The van der Waals surface area contributed by atoms with E-state index in [0.29, 0.717) is 0 Å². The van der Waals surface area contributed by atoms with E-state index in [4.69, 9.17) is 0 Å². The molecule has 0 aliphatic heterocycles. The minimum Gasteiger partial charge on any atom is -0.382 e. The summed E-state index contributed by atoms with van der Waals surface area (Å²) in [6.07, 6.45) is -61.8. The molecular formula is C14H9F21O6. The Bertz CT molecular complexity index is 853. The molecule has 0 saturated carbocycles. The molecule has 0 amide bonds. The predicted octanol–water partition coefficient (Wildman–Crippen LogP) is 6.66. The molecule has 0 aromatic rings. The van der Waals surface area contributed by atoms with Gasteiger partial charge in [-0.2, -0.15) is 61.5 Å². The SMILES string of the molecule is COCCOCC(F)(OC(F)(F)F)C(F)(F)OC(F)(F)C(F)(C(F)(F)F)C(F)(F)OC(F)(F)C(F)(F)OC(F)(F)F. The molecule has 0 aliphatic rings. The van der Waals surface area contributed by atoms with Crippen LogP contribution in [0, 0.1) is 0 Å². The molecule has 2 atom stereocenters. The Morgan fingerprint density at radius 3 is 1.12 bits per heavy atom. The summed E-state index contributed by atoms with van der Waals surface area (Å²) in [5.74, 6) is -6.36. The summed E-state index contributed by atoms with van der Waals surface area (Å²) in [7, 11) is 0.783. The van der Waals surface area contributed by atoms with Crippen LogP contribution in [0.1, 0.15) is 0 Å². The first kappa shape index (κ1) is 39.3. The van der Waals surface area contributed by atoms with E-state index in [1.807, 2.05) is 0 Å². The van der Waals surface area contributed by atoms with Gasteiger partial charge >= 0.3 is 61.0 Å². The van der Waals surface area contributed by atoms with Gasteiger partial charge in [0.25, 0.3) is 0 Å². The molecule has 0 spiro atoms. The van der Waals surface area contributed by atoms with Crippen molar-refractivity contribution in [1.82, 2.24) is 0 Å². The fraction of sp³-hybridized carbons (Fsp3) is 1.00. The first-order valence-corrected chi connectivity index (χ1v) is 8.98. The smallest absolute Gasteiger partial charge is 0.382 e. The summed E-state index contributed by atoms with van der Waals surface area (Å²) < 4.78 is 289. The van der Waals surface area contributed by atoms with Gasteiger partial charge in [-0.3, -0.25) is 0 Å². The molecule has 0 aromatic carbocycles. The van der Waals surface area contributed by atoms with Crippen LogP contribution < -0.4 is 0 Å². The fourth-order valence-corrected chi connectivity index (χ4v) is 2.00. The minimum atomic E-state index is -8.68. The van der Waals surface area contributed by atoms with Gasteiger partial charge in [-0.15, -0.1) is 26.3 Å². The highest BCUT2D eigenvalue weighted by atomic mass is 19.4. The third-order valence-electron chi connectivity index (χ3n) is 3.72. The van der Waals surface area contributed by atoms with Crippen molar-refractivity contribution in [1.29, 1.82) is 0 Å². The summed E-state index contributed by atoms with van der Waals surface area (Å²) >= 11 is 0. The Morgan fingerprint density at radius 2 is 0.780 bits per heavy atom. The van der Waals surface area contributed by atoms with Gasteiger partial charge in [0.15, 0.2) is 0 Å². The minimum absolute atomic E-state index is 0.783. The Balaban J connectivity index is 6.79. The monoisotopic (exact) mass is 672 g/mol. The lowest BCUT2D eigenvalue weighted by atomic mass is 10.0. The average Bonchev–Trinajstić information content (AvgIpc) is 2.64. The molecule has 0 rings (SSSR count). The van der Waals surface area contributed by atoms with Gasteiger partial charge in [0.05, 0.1) is 13.2 Å². The van der Waals surface area contributed by atoms with E-state index in [1.165, 1.54) is 9.47 Å². The Hall–Kier alpha value is -1.71. The number of hydrogen-bond donors (Lipinski definition) is 0. The van der Waals surface area contributed by atoms with E-state index in [2.05, 4.69) is 14.2 Å².